The van der Waals surface area contributed by atoms with Crippen LogP contribution in [0.2, 0.25) is 0 Å². The Bertz CT molecular complexity index is 395. The molecule has 0 saturated carbocycles. The Morgan fingerprint density at radius 1 is 1.57 bits per heavy atom. The van der Waals surface area contributed by atoms with Crippen molar-refractivity contribution in [2.45, 2.75) is 26.3 Å². The van der Waals surface area contributed by atoms with E-state index in [0.29, 0.717) is 6.42 Å². The summed E-state index contributed by atoms with van der Waals surface area (Å²) in [6.07, 6.45) is 1.98. The molecule has 4 heteroatoms. The zero-order chi connectivity index (χ0) is 10.7. The molecule has 0 radical (unpaired) electrons. The molecule has 0 saturated heterocycles. The summed E-state index contributed by atoms with van der Waals surface area (Å²) in [4.78, 5) is 22.2. The van der Waals surface area contributed by atoms with E-state index in [0.717, 1.165) is 5.56 Å². The third-order valence-corrected chi connectivity index (χ3v) is 2.09. The third kappa shape index (κ3) is 2.02. The van der Waals surface area contributed by atoms with Crippen LogP contribution < -0.4 is 5.56 Å². The highest BCUT2D eigenvalue weighted by atomic mass is 16.4. The molecule has 0 aliphatic carbocycles. The van der Waals surface area contributed by atoms with Crippen molar-refractivity contribution in [3.8, 4) is 0 Å². The Hall–Kier alpha value is -1.58. The molecular weight excluding hydrogens is 182 g/mol. The van der Waals surface area contributed by atoms with Crippen LogP contribution in [0.25, 0.3) is 0 Å². The molecule has 4 nitrogen and oxygen atoms in total. The molecular formula is C10H13NO3. The molecule has 1 aromatic heterocycles. The summed E-state index contributed by atoms with van der Waals surface area (Å²) in [5, 5.41) is 8.88. The number of hydrogen-bond donors (Lipinski definition) is 1. The molecule has 0 fully saturated rings. The summed E-state index contributed by atoms with van der Waals surface area (Å²) in [5.74, 6) is -0.972. The molecule has 1 unspecified atom stereocenters. The lowest BCUT2D eigenvalue weighted by molar-refractivity contribution is -0.141. The standard InChI is InChI=1S/C10H13NO3/c1-3-8(10(13)14)11-6-7(2)4-5-9(11)12/h4-6,8H,3H2,1-2H3,(H,13,14). The number of carboxylic acid groups (broad SMARTS) is 1. The Balaban J connectivity index is 3.22. The fourth-order valence-corrected chi connectivity index (χ4v) is 1.35. The van der Waals surface area contributed by atoms with Crippen molar-refractivity contribution in [1.82, 2.24) is 4.57 Å². The normalized spacial score (nSPS) is 12.4. The van der Waals surface area contributed by atoms with Gasteiger partial charge in [-0.25, -0.2) is 4.79 Å². The van der Waals surface area contributed by atoms with Crippen LogP contribution in [0.15, 0.2) is 23.1 Å². The molecule has 1 rings (SSSR count). The quantitative estimate of drug-likeness (QED) is 0.788. The van der Waals surface area contributed by atoms with E-state index in [1.54, 1.807) is 19.2 Å². The van der Waals surface area contributed by atoms with Gasteiger partial charge in [0, 0.05) is 12.3 Å². The molecule has 1 N–H and O–H groups in total. The molecule has 0 aromatic carbocycles. The van der Waals surface area contributed by atoms with Crippen LogP contribution in [0.5, 0.6) is 0 Å². The van der Waals surface area contributed by atoms with Crippen LogP contribution in [0, 0.1) is 6.92 Å². The molecule has 14 heavy (non-hydrogen) atoms. The average Bonchev–Trinajstić information content (AvgIpc) is 2.11. The van der Waals surface area contributed by atoms with Crippen LogP contribution in [-0.4, -0.2) is 15.6 Å². The highest BCUT2D eigenvalue weighted by Crippen LogP contribution is 2.09. The van der Waals surface area contributed by atoms with Gasteiger partial charge in [-0.1, -0.05) is 13.0 Å². The second-order valence-electron chi connectivity index (χ2n) is 3.21. The predicted molar refractivity (Wildman–Crippen MR) is 52.4 cm³/mol. The summed E-state index contributed by atoms with van der Waals surface area (Å²) in [7, 11) is 0. The first-order chi connectivity index (χ1) is 6.56. The minimum Gasteiger partial charge on any atom is -0.480 e. The second-order valence-corrected chi connectivity index (χ2v) is 3.21. The fraction of sp³-hybridized carbons (Fsp3) is 0.400. The van der Waals surface area contributed by atoms with Gasteiger partial charge in [0.05, 0.1) is 0 Å². The third-order valence-electron chi connectivity index (χ3n) is 2.09. The zero-order valence-electron chi connectivity index (χ0n) is 8.23. The van der Waals surface area contributed by atoms with Crippen molar-refractivity contribution in [2.24, 2.45) is 0 Å². The molecule has 0 amide bonds. The van der Waals surface area contributed by atoms with Crippen LogP contribution in [0.1, 0.15) is 24.9 Å². The van der Waals surface area contributed by atoms with Crippen molar-refractivity contribution >= 4 is 5.97 Å². The molecule has 76 valence electrons. The van der Waals surface area contributed by atoms with Gasteiger partial charge in [-0.15, -0.1) is 0 Å². The molecule has 0 aliphatic rings. The minimum absolute atomic E-state index is 0.273. The summed E-state index contributed by atoms with van der Waals surface area (Å²) < 4.78 is 1.26. The number of hydrogen-bond acceptors (Lipinski definition) is 2. The van der Waals surface area contributed by atoms with Gasteiger partial charge >= 0.3 is 5.97 Å². The molecule has 0 spiro atoms. The lowest BCUT2D eigenvalue weighted by atomic mass is 10.2. The zero-order valence-corrected chi connectivity index (χ0v) is 8.23. The topological polar surface area (TPSA) is 59.3 Å². The van der Waals surface area contributed by atoms with E-state index in [4.69, 9.17) is 5.11 Å². The summed E-state index contributed by atoms with van der Waals surface area (Å²) in [5.41, 5.74) is 0.606. The van der Waals surface area contributed by atoms with E-state index < -0.39 is 12.0 Å². The van der Waals surface area contributed by atoms with E-state index >= 15 is 0 Å². The number of aromatic nitrogens is 1. The van der Waals surface area contributed by atoms with E-state index in [9.17, 15) is 9.59 Å². The molecule has 1 heterocycles. The number of aliphatic carboxylic acids is 1. The van der Waals surface area contributed by atoms with E-state index in [1.165, 1.54) is 10.6 Å². The molecule has 0 bridgehead atoms. The predicted octanol–water partition coefficient (Wildman–Crippen LogP) is 1.19. The number of aryl methyl sites for hydroxylation is 1. The minimum atomic E-state index is -0.972. The van der Waals surface area contributed by atoms with Crippen molar-refractivity contribution in [1.29, 1.82) is 0 Å². The monoisotopic (exact) mass is 195 g/mol. The SMILES string of the molecule is CCC(C(=O)O)n1cc(C)ccc1=O. The van der Waals surface area contributed by atoms with Crippen molar-refractivity contribution < 1.29 is 9.90 Å². The average molecular weight is 195 g/mol. The largest absolute Gasteiger partial charge is 0.480 e. The Morgan fingerprint density at radius 3 is 2.71 bits per heavy atom. The van der Waals surface area contributed by atoms with Crippen LogP contribution >= 0.6 is 0 Å². The number of carboxylic acids is 1. The van der Waals surface area contributed by atoms with Crippen LogP contribution in [0.4, 0.5) is 0 Å². The molecule has 0 aliphatic heterocycles. The maximum atomic E-state index is 11.4. The lowest BCUT2D eigenvalue weighted by Gasteiger charge is -2.13. The first-order valence-electron chi connectivity index (χ1n) is 4.48. The van der Waals surface area contributed by atoms with E-state index in [-0.39, 0.29) is 5.56 Å². The summed E-state index contributed by atoms with van der Waals surface area (Å²) in [6, 6.07) is 2.30. The summed E-state index contributed by atoms with van der Waals surface area (Å²) in [6.45, 7) is 3.57. The lowest BCUT2D eigenvalue weighted by Crippen LogP contribution is -2.28. The van der Waals surface area contributed by atoms with Crippen molar-refractivity contribution in [3.05, 3.63) is 34.2 Å². The molecule has 1 aromatic rings. The maximum Gasteiger partial charge on any atom is 0.326 e. The van der Waals surface area contributed by atoms with E-state index in [2.05, 4.69) is 0 Å². The first kappa shape index (κ1) is 10.5. The van der Waals surface area contributed by atoms with Crippen LogP contribution in [0.3, 0.4) is 0 Å². The van der Waals surface area contributed by atoms with Crippen molar-refractivity contribution in [2.75, 3.05) is 0 Å². The van der Waals surface area contributed by atoms with Gasteiger partial charge in [0.1, 0.15) is 6.04 Å². The van der Waals surface area contributed by atoms with Gasteiger partial charge < -0.3 is 9.67 Å². The number of nitrogens with zero attached hydrogens (tertiary/aromatic N) is 1. The summed E-state index contributed by atoms with van der Waals surface area (Å²) >= 11 is 0. The van der Waals surface area contributed by atoms with Gasteiger partial charge in [-0.05, 0) is 18.9 Å². The highest BCUT2D eigenvalue weighted by molar-refractivity contribution is 5.71. The van der Waals surface area contributed by atoms with Gasteiger partial charge in [-0.2, -0.15) is 0 Å². The Kier molecular flexibility index (Phi) is 3.06. The van der Waals surface area contributed by atoms with Gasteiger partial charge in [0.25, 0.3) is 5.56 Å². The fourth-order valence-electron chi connectivity index (χ4n) is 1.35. The molecule has 1 atom stereocenters. The van der Waals surface area contributed by atoms with Crippen LogP contribution in [-0.2, 0) is 4.79 Å². The Labute approximate surface area is 81.8 Å². The number of carbonyl (C=O) groups is 1. The van der Waals surface area contributed by atoms with Gasteiger partial charge in [0.2, 0.25) is 0 Å². The maximum absolute atomic E-state index is 11.4. The Morgan fingerprint density at radius 2 is 2.21 bits per heavy atom. The van der Waals surface area contributed by atoms with Gasteiger partial charge in [0.15, 0.2) is 0 Å². The first-order valence-corrected chi connectivity index (χ1v) is 4.48. The van der Waals surface area contributed by atoms with E-state index in [1.807, 2.05) is 6.92 Å². The van der Waals surface area contributed by atoms with Crippen molar-refractivity contribution in [3.63, 3.8) is 0 Å². The number of rotatable bonds is 3. The van der Waals surface area contributed by atoms with Gasteiger partial charge in [-0.3, -0.25) is 4.79 Å². The second kappa shape index (κ2) is 4.09. The highest BCUT2D eigenvalue weighted by Gasteiger charge is 2.17. The number of pyridine rings is 1. The smallest absolute Gasteiger partial charge is 0.326 e.